The Labute approximate surface area is 140 Å². The number of carbonyl (C=O) groups is 1. The number of ether oxygens (including phenoxy) is 1. The summed E-state index contributed by atoms with van der Waals surface area (Å²) in [5.74, 6) is -0.278. The third-order valence-electron chi connectivity index (χ3n) is 3.41. The molecule has 4 atom stereocenters. The zero-order valence-electron chi connectivity index (χ0n) is 12.6. The van der Waals surface area contributed by atoms with Gasteiger partial charge in [0.1, 0.15) is 24.1 Å². The number of aliphatic hydroxyl groups is 3. The number of aliphatic hydroxyl groups excluding tert-OH is 3. The number of urea groups is 1. The van der Waals surface area contributed by atoms with Crippen molar-refractivity contribution in [2.75, 3.05) is 6.61 Å². The first kappa shape index (κ1) is 18.5. The van der Waals surface area contributed by atoms with Crippen LogP contribution >= 0.6 is 0 Å². The van der Waals surface area contributed by atoms with E-state index in [4.69, 9.17) is 9.84 Å². The Morgan fingerprint density at radius 1 is 1.40 bits per heavy atom. The van der Waals surface area contributed by atoms with Gasteiger partial charge in [0.15, 0.2) is 6.23 Å². The molecule has 25 heavy (non-hydrogen) atoms. The van der Waals surface area contributed by atoms with Gasteiger partial charge in [-0.2, -0.15) is 5.10 Å². The summed E-state index contributed by atoms with van der Waals surface area (Å²) in [6.45, 7) is -0.539. The van der Waals surface area contributed by atoms with Crippen LogP contribution in [0.15, 0.2) is 23.3 Å². The Kier molecular flexibility index (Phi) is 5.82. The number of benzene rings is 1. The molecule has 1 aromatic carbocycles. The zero-order chi connectivity index (χ0) is 18.6. The molecule has 2 amide bonds. The number of nitrogens with zero attached hydrogens (tertiary/aromatic N) is 2. The molecule has 0 aliphatic carbocycles. The maximum Gasteiger partial charge on any atom is 0.337 e. The molecule has 12 heteroatoms. The maximum absolute atomic E-state index is 11.7. The smallest absolute Gasteiger partial charge is 0.337 e. The van der Waals surface area contributed by atoms with Crippen LogP contribution in [-0.4, -0.2) is 68.7 Å². The Hall–Kier alpha value is -2.80. The number of phenolic OH excluding ortho intramolecular Hbond substituents is 1. The highest BCUT2D eigenvalue weighted by atomic mass is 16.6. The first-order valence-corrected chi connectivity index (χ1v) is 7.03. The van der Waals surface area contributed by atoms with E-state index in [9.17, 15) is 30.2 Å². The summed E-state index contributed by atoms with van der Waals surface area (Å²) in [6, 6.07) is 2.37. The van der Waals surface area contributed by atoms with Crippen molar-refractivity contribution < 1.29 is 34.9 Å². The van der Waals surface area contributed by atoms with Gasteiger partial charge >= 0.3 is 6.03 Å². The first-order valence-electron chi connectivity index (χ1n) is 7.03. The van der Waals surface area contributed by atoms with E-state index in [1.54, 1.807) is 0 Å². The van der Waals surface area contributed by atoms with Gasteiger partial charge in [-0.05, 0) is 6.07 Å². The molecular weight excluding hydrogens is 340 g/mol. The Bertz CT molecular complexity index is 682. The van der Waals surface area contributed by atoms with Gasteiger partial charge in [-0.3, -0.25) is 10.1 Å². The lowest BCUT2D eigenvalue weighted by Gasteiger charge is -2.15. The average molecular weight is 356 g/mol. The second-order valence-corrected chi connectivity index (χ2v) is 5.10. The molecule has 1 aliphatic heterocycles. The van der Waals surface area contributed by atoms with E-state index in [-0.39, 0.29) is 17.0 Å². The molecule has 1 fully saturated rings. The van der Waals surface area contributed by atoms with Gasteiger partial charge in [-0.25, -0.2) is 10.2 Å². The highest BCUT2D eigenvalue weighted by molar-refractivity contribution is 5.85. The topological polar surface area (TPSA) is 187 Å². The van der Waals surface area contributed by atoms with E-state index in [1.807, 2.05) is 5.43 Å². The minimum absolute atomic E-state index is 0.00224. The van der Waals surface area contributed by atoms with Crippen molar-refractivity contribution in [2.45, 2.75) is 24.5 Å². The molecular formula is C13H16N4O8. The van der Waals surface area contributed by atoms with Crippen LogP contribution < -0.4 is 10.7 Å². The van der Waals surface area contributed by atoms with Crippen molar-refractivity contribution in [3.63, 3.8) is 0 Å². The number of nitrogens with one attached hydrogen (secondary N) is 2. The molecule has 0 saturated carbocycles. The lowest BCUT2D eigenvalue weighted by molar-refractivity contribution is -0.384. The van der Waals surface area contributed by atoms with Crippen molar-refractivity contribution in [3.05, 3.63) is 33.9 Å². The van der Waals surface area contributed by atoms with Crippen LogP contribution in [-0.2, 0) is 4.74 Å². The summed E-state index contributed by atoms with van der Waals surface area (Å²) >= 11 is 0. The number of rotatable bonds is 5. The summed E-state index contributed by atoms with van der Waals surface area (Å²) in [7, 11) is 0. The standard InChI is InChI=1S/C13H16N4O8/c18-5-9-10(20)11(21)12(25-9)15-13(22)16-14-4-6-3-7(17(23)24)1-2-8(6)19/h1-4,9-12,18-21H,5H2,(H2,15,16,22)/b14-4+/t9-,10-,11-,12-/m1/s1. The van der Waals surface area contributed by atoms with Crippen LogP contribution in [0, 0.1) is 10.1 Å². The maximum atomic E-state index is 11.7. The minimum Gasteiger partial charge on any atom is -0.507 e. The van der Waals surface area contributed by atoms with Crippen molar-refractivity contribution in [2.24, 2.45) is 5.10 Å². The predicted molar refractivity (Wildman–Crippen MR) is 81.8 cm³/mol. The van der Waals surface area contributed by atoms with Crippen molar-refractivity contribution in [1.29, 1.82) is 0 Å². The van der Waals surface area contributed by atoms with Crippen LogP contribution in [0.25, 0.3) is 0 Å². The lowest BCUT2D eigenvalue weighted by atomic mass is 10.1. The largest absolute Gasteiger partial charge is 0.507 e. The quantitative estimate of drug-likeness (QED) is 0.206. The van der Waals surface area contributed by atoms with Gasteiger partial charge < -0.3 is 30.5 Å². The second-order valence-electron chi connectivity index (χ2n) is 5.10. The van der Waals surface area contributed by atoms with Crippen LogP contribution in [0.3, 0.4) is 0 Å². The number of amides is 2. The van der Waals surface area contributed by atoms with Crippen LogP contribution in [0.5, 0.6) is 5.75 Å². The van der Waals surface area contributed by atoms with Crippen LogP contribution in [0.4, 0.5) is 10.5 Å². The van der Waals surface area contributed by atoms with E-state index in [0.29, 0.717) is 0 Å². The number of hydrogen-bond donors (Lipinski definition) is 6. The third-order valence-corrected chi connectivity index (χ3v) is 3.41. The molecule has 136 valence electrons. The number of hydrazone groups is 1. The molecule has 0 radical (unpaired) electrons. The molecule has 0 bridgehead atoms. The molecule has 1 aliphatic rings. The SMILES string of the molecule is O=C(N/N=C/c1cc([N+](=O)[O-])ccc1O)N[C@@H]1O[C@H](CO)[C@@H](O)[C@H]1O. The average Bonchev–Trinajstić information content (AvgIpc) is 2.84. The van der Waals surface area contributed by atoms with Crippen molar-refractivity contribution >= 4 is 17.9 Å². The number of aromatic hydroxyl groups is 1. The summed E-state index contributed by atoms with van der Waals surface area (Å²) in [5, 5.41) is 54.1. The molecule has 0 spiro atoms. The van der Waals surface area contributed by atoms with Crippen molar-refractivity contribution in [1.82, 2.24) is 10.7 Å². The van der Waals surface area contributed by atoms with Gasteiger partial charge in [-0.1, -0.05) is 0 Å². The molecule has 12 nitrogen and oxygen atoms in total. The van der Waals surface area contributed by atoms with Gasteiger partial charge in [0.05, 0.1) is 17.7 Å². The number of hydrogen-bond acceptors (Lipinski definition) is 9. The fourth-order valence-electron chi connectivity index (χ4n) is 2.10. The number of non-ortho nitro benzene ring substituents is 1. The van der Waals surface area contributed by atoms with Gasteiger partial charge in [0.2, 0.25) is 0 Å². The third kappa shape index (κ3) is 4.39. The Morgan fingerprint density at radius 3 is 2.72 bits per heavy atom. The van der Waals surface area contributed by atoms with E-state index >= 15 is 0 Å². The monoisotopic (exact) mass is 356 g/mol. The van der Waals surface area contributed by atoms with Crippen LogP contribution in [0.2, 0.25) is 0 Å². The number of carbonyl (C=O) groups excluding carboxylic acids is 1. The molecule has 0 unspecified atom stereocenters. The zero-order valence-corrected chi connectivity index (χ0v) is 12.6. The molecule has 1 saturated heterocycles. The van der Waals surface area contributed by atoms with Gasteiger partial charge in [0.25, 0.3) is 5.69 Å². The lowest BCUT2D eigenvalue weighted by Crippen LogP contribution is -2.46. The van der Waals surface area contributed by atoms with Gasteiger partial charge in [0, 0.05) is 17.7 Å². The summed E-state index contributed by atoms with van der Waals surface area (Å²) in [6.07, 6.45) is -4.10. The fourth-order valence-corrected chi connectivity index (χ4v) is 2.10. The molecule has 2 rings (SSSR count). The summed E-state index contributed by atoms with van der Waals surface area (Å²) in [4.78, 5) is 21.7. The van der Waals surface area contributed by atoms with E-state index < -0.39 is 42.1 Å². The highest BCUT2D eigenvalue weighted by Gasteiger charge is 2.43. The number of phenols is 1. The van der Waals surface area contributed by atoms with E-state index in [1.165, 1.54) is 0 Å². The fraction of sp³-hybridized carbons (Fsp3) is 0.385. The summed E-state index contributed by atoms with van der Waals surface area (Å²) < 4.78 is 5.04. The first-order chi connectivity index (χ1) is 11.8. The number of nitro groups is 1. The van der Waals surface area contributed by atoms with Gasteiger partial charge in [-0.15, -0.1) is 0 Å². The summed E-state index contributed by atoms with van der Waals surface area (Å²) in [5.41, 5.74) is 1.74. The molecule has 0 aromatic heterocycles. The Morgan fingerprint density at radius 2 is 2.12 bits per heavy atom. The normalized spacial score (nSPS) is 25.9. The number of nitro benzene ring substituents is 1. The van der Waals surface area contributed by atoms with Crippen molar-refractivity contribution in [3.8, 4) is 5.75 Å². The molecule has 1 heterocycles. The molecule has 6 N–H and O–H groups in total. The molecule has 1 aromatic rings. The predicted octanol–water partition coefficient (Wildman–Crippen LogP) is -1.63. The second kappa shape index (κ2) is 7.85. The van der Waals surface area contributed by atoms with E-state index in [2.05, 4.69) is 10.4 Å². The van der Waals surface area contributed by atoms with Crippen LogP contribution in [0.1, 0.15) is 5.56 Å². The van der Waals surface area contributed by atoms with E-state index in [0.717, 1.165) is 24.4 Å². The Balaban J connectivity index is 1.93. The minimum atomic E-state index is -1.44. The highest BCUT2D eigenvalue weighted by Crippen LogP contribution is 2.21.